The normalized spacial score (nSPS) is 12.6. The molecule has 0 saturated heterocycles. The minimum Gasteiger partial charge on any atom is -0.357 e. The molecule has 1 rings (SSSR count). The molecule has 1 aromatic rings. The average Bonchev–Trinajstić information content (AvgIpc) is 2.57. The molecule has 8 nitrogen and oxygen atoms in total. The number of halogens is 1. The third-order valence-corrected chi connectivity index (χ3v) is 6.74. The molecule has 0 unspecified atom stereocenters. The van der Waals surface area contributed by atoms with Crippen molar-refractivity contribution in [1.82, 2.24) is 14.9 Å². The molecule has 0 fully saturated rings. The van der Waals surface area contributed by atoms with Gasteiger partial charge in [-0.1, -0.05) is 19.1 Å². The summed E-state index contributed by atoms with van der Waals surface area (Å²) in [4.78, 5) is 4.85. The number of aliphatic imine (C=N–C) groups is 1. The maximum absolute atomic E-state index is 11.7. The summed E-state index contributed by atoms with van der Waals surface area (Å²) in [5, 5.41) is 6.34. The van der Waals surface area contributed by atoms with E-state index in [0.29, 0.717) is 55.6 Å². The molecule has 0 radical (unpaired) electrons. The van der Waals surface area contributed by atoms with Gasteiger partial charge in [0.1, 0.15) is 0 Å². The summed E-state index contributed by atoms with van der Waals surface area (Å²) in [6.07, 6.45) is 3.07. The number of benzene rings is 1. The van der Waals surface area contributed by atoms with Crippen molar-refractivity contribution in [2.45, 2.75) is 38.6 Å². The van der Waals surface area contributed by atoms with Crippen LogP contribution in [0.5, 0.6) is 0 Å². The fourth-order valence-electron chi connectivity index (χ4n) is 2.76. The Labute approximate surface area is 192 Å². The van der Waals surface area contributed by atoms with Crippen LogP contribution < -0.4 is 10.6 Å². The first-order chi connectivity index (χ1) is 13.0. The summed E-state index contributed by atoms with van der Waals surface area (Å²) in [6, 6.07) is 5.21. The Kier molecular flexibility index (Phi) is 12.3. The van der Waals surface area contributed by atoms with Gasteiger partial charge in [0.05, 0.1) is 17.7 Å². The Hall–Kier alpha value is -0.920. The first kappa shape index (κ1) is 28.1. The second kappa shape index (κ2) is 12.7. The van der Waals surface area contributed by atoms with E-state index in [1.54, 1.807) is 19.1 Å². The monoisotopic (exact) mass is 560 g/mol. The molecule has 0 aliphatic rings. The lowest BCUT2D eigenvalue weighted by Gasteiger charge is -2.18. The van der Waals surface area contributed by atoms with Crippen molar-refractivity contribution >= 4 is 49.8 Å². The molecule has 11 heteroatoms. The molecular weight excluding hydrogens is 527 g/mol. The van der Waals surface area contributed by atoms with Crippen LogP contribution in [0, 0.1) is 6.92 Å². The second-order valence-electron chi connectivity index (χ2n) is 6.60. The minimum absolute atomic E-state index is 0. The van der Waals surface area contributed by atoms with E-state index in [9.17, 15) is 16.8 Å². The van der Waals surface area contributed by atoms with Gasteiger partial charge in [0.2, 0.25) is 10.0 Å². The van der Waals surface area contributed by atoms with Crippen LogP contribution in [-0.4, -0.2) is 65.8 Å². The molecule has 0 heterocycles. The summed E-state index contributed by atoms with van der Waals surface area (Å²) >= 11 is 0. The van der Waals surface area contributed by atoms with Gasteiger partial charge in [-0.2, -0.15) is 0 Å². The highest BCUT2D eigenvalue weighted by Crippen LogP contribution is 2.17. The van der Waals surface area contributed by atoms with Gasteiger partial charge in [-0.15, -0.1) is 24.0 Å². The Balaban J connectivity index is 0.00000784. The van der Waals surface area contributed by atoms with Crippen molar-refractivity contribution in [2.75, 3.05) is 38.7 Å². The number of aryl methyl sites for hydroxylation is 1. The molecule has 0 spiro atoms. The fourth-order valence-corrected chi connectivity index (χ4v) is 4.65. The van der Waals surface area contributed by atoms with Crippen LogP contribution in [0.2, 0.25) is 0 Å². The van der Waals surface area contributed by atoms with Crippen LogP contribution >= 0.6 is 24.0 Å². The van der Waals surface area contributed by atoms with Gasteiger partial charge < -0.3 is 10.6 Å². The summed E-state index contributed by atoms with van der Waals surface area (Å²) in [7, 11) is -6.41. The zero-order chi connectivity index (χ0) is 21.4. The van der Waals surface area contributed by atoms with Gasteiger partial charge in [-0.05, 0) is 37.5 Å². The number of sulfone groups is 1. The third kappa shape index (κ3) is 10.1. The minimum atomic E-state index is -3.23. The molecule has 0 atom stereocenters. The Morgan fingerprint density at radius 3 is 2.24 bits per heavy atom. The molecule has 2 N–H and O–H groups in total. The maximum atomic E-state index is 11.7. The fraction of sp³-hybridized carbons (Fsp3) is 0.611. The number of rotatable bonds is 10. The van der Waals surface area contributed by atoms with Gasteiger partial charge in [0, 0.05) is 32.4 Å². The van der Waals surface area contributed by atoms with Gasteiger partial charge >= 0.3 is 0 Å². The molecule has 0 aliphatic carbocycles. The first-order valence-corrected chi connectivity index (χ1v) is 13.0. The van der Waals surface area contributed by atoms with E-state index in [0.717, 1.165) is 5.56 Å². The third-order valence-electron chi connectivity index (χ3n) is 4.10. The maximum Gasteiger partial charge on any atom is 0.211 e. The van der Waals surface area contributed by atoms with Crippen LogP contribution in [0.3, 0.4) is 0 Å². The Bertz CT molecular complexity index is 887. The van der Waals surface area contributed by atoms with Crippen molar-refractivity contribution in [2.24, 2.45) is 4.99 Å². The van der Waals surface area contributed by atoms with Crippen LogP contribution in [-0.2, 0) is 26.4 Å². The topological polar surface area (TPSA) is 108 Å². The number of hydrogen-bond donors (Lipinski definition) is 2. The number of sulfonamides is 1. The summed E-state index contributed by atoms with van der Waals surface area (Å²) in [5.74, 6) is 0.634. The largest absolute Gasteiger partial charge is 0.357 e. The second-order valence-corrected chi connectivity index (χ2v) is 10.6. The van der Waals surface area contributed by atoms with Crippen LogP contribution in [0.15, 0.2) is 28.1 Å². The van der Waals surface area contributed by atoms with Gasteiger partial charge in [0.15, 0.2) is 15.8 Å². The van der Waals surface area contributed by atoms with E-state index in [2.05, 4.69) is 15.6 Å². The van der Waals surface area contributed by atoms with E-state index in [1.807, 2.05) is 19.9 Å². The van der Waals surface area contributed by atoms with Gasteiger partial charge in [-0.25, -0.2) is 26.1 Å². The highest BCUT2D eigenvalue weighted by atomic mass is 127. The van der Waals surface area contributed by atoms with E-state index in [4.69, 9.17) is 0 Å². The zero-order valence-electron chi connectivity index (χ0n) is 17.7. The summed E-state index contributed by atoms with van der Waals surface area (Å²) in [5.41, 5.74) is 1.62. The van der Waals surface area contributed by atoms with Crippen molar-refractivity contribution in [3.63, 3.8) is 0 Å². The molecule has 0 amide bonds. The highest BCUT2D eigenvalue weighted by molar-refractivity contribution is 14.0. The molecular formula is C18H33IN4O4S2. The van der Waals surface area contributed by atoms with Crippen LogP contribution in [0.1, 0.15) is 31.4 Å². The predicted octanol–water partition coefficient (Wildman–Crippen LogP) is 1.74. The molecule has 168 valence electrons. The van der Waals surface area contributed by atoms with E-state index in [-0.39, 0.29) is 24.0 Å². The molecule has 0 aliphatic heterocycles. The van der Waals surface area contributed by atoms with Gasteiger partial charge in [0.25, 0.3) is 0 Å². The Morgan fingerprint density at radius 1 is 1.10 bits per heavy atom. The number of guanidine groups is 1. The quantitative estimate of drug-likeness (QED) is 0.196. The highest BCUT2D eigenvalue weighted by Gasteiger charge is 2.13. The standard InChI is InChI=1S/C18H32N4O4S2.HI/c1-6-19-18(20-11-8-12-22(7-2)28(5,25)26)21-14-16-9-10-17(15(3)13-16)27(4,23)24;/h9-10,13H,6-8,11-12,14H2,1-5H3,(H2,19,20,21);1H. The molecule has 0 saturated carbocycles. The van der Waals surface area contributed by atoms with Crippen LogP contribution in [0.4, 0.5) is 0 Å². The smallest absolute Gasteiger partial charge is 0.211 e. The van der Waals surface area contributed by atoms with Crippen molar-refractivity contribution in [1.29, 1.82) is 0 Å². The number of hydrogen-bond acceptors (Lipinski definition) is 5. The van der Waals surface area contributed by atoms with Crippen LogP contribution in [0.25, 0.3) is 0 Å². The van der Waals surface area contributed by atoms with Crippen molar-refractivity contribution < 1.29 is 16.8 Å². The SMILES string of the molecule is CCNC(=NCc1ccc(S(C)(=O)=O)c(C)c1)NCCCN(CC)S(C)(=O)=O.I. The summed E-state index contributed by atoms with van der Waals surface area (Å²) in [6.45, 7) is 8.15. The lowest BCUT2D eigenvalue weighted by atomic mass is 10.1. The van der Waals surface area contributed by atoms with Crippen molar-refractivity contribution in [3.05, 3.63) is 29.3 Å². The Morgan fingerprint density at radius 2 is 1.76 bits per heavy atom. The van der Waals surface area contributed by atoms with E-state index in [1.165, 1.54) is 16.8 Å². The molecule has 1 aromatic carbocycles. The van der Waals surface area contributed by atoms with Gasteiger partial charge in [-0.3, -0.25) is 0 Å². The van der Waals surface area contributed by atoms with Crippen molar-refractivity contribution in [3.8, 4) is 0 Å². The lowest BCUT2D eigenvalue weighted by Crippen LogP contribution is -2.39. The first-order valence-electron chi connectivity index (χ1n) is 9.26. The lowest BCUT2D eigenvalue weighted by molar-refractivity contribution is 0.424. The zero-order valence-corrected chi connectivity index (χ0v) is 21.7. The van der Waals surface area contributed by atoms with E-state index < -0.39 is 19.9 Å². The molecule has 0 aromatic heterocycles. The molecule has 0 bridgehead atoms. The van der Waals surface area contributed by atoms with E-state index >= 15 is 0 Å². The number of nitrogens with one attached hydrogen (secondary N) is 2. The number of nitrogens with zero attached hydrogens (tertiary/aromatic N) is 2. The predicted molar refractivity (Wildman–Crippen MR) is 129 cm³/mol. The molecule has 29 heavy (non-hydrogen) atoms. The summed E-state index contributed by atoms with van der Waals surface area (Å²) < 4.78 is 48.0. The average molecular weight is 561 g/mol.